The Balaban J connectivity index is 1.33. The van der Waals surface area contributed by atoms with Crippen molar-refractivity contribution in [3.63, 3.8) is 0 Å². The van der Waals surface area contributed by atoms with E-state index in [0.29, 0.717) is 43.2 Å². The second kappa shape index (κ2) is 8.57. The molecule has 32 heavy (non-hydrogen) atoms. The van der Waals surface area contributed by atoms with Crippen LogP contribution in [0.5, 0.6) is 0 Å². The zero-order valence-electron chi connectivity index (χ0n) is 17.6. The van der Waals surface area contributed by atoms with Crippen LogP contribution in [0.25, 0.3) is 16.2 Å². The number of carbonyl (C=O) groups excluding carboxylic acids is 2. The molecule has 0 atom stereocenters. The van der Waals surface area contributed by atoms with Gasteiger partial charge in [-0.3, -0.25) is 14.0 Å². The number of nitrogens with zero attached hydrogens (tertiary/aromatic N) is 3. The maximum Gasteiger partial charge on any atom is 0.271 e. The van der Waals surface area contributed by atoms with Crippen molar-refractivity contribution >= 4 is 33.8 Å². The number of carbonyl (C=O) groups is 2. The molecule has 0 spiro atoms. The second-order valence-corrected chi connectivity index (χ2v) is 8.54. The summed E-state index contributed by atoms with van der Waals surface area (Å²) in [7, 11) is 0. The topological polar surface area (TPSA) is 75.9 Å². The van der Waals surface area contributed by atoms with Crippen molar-refractivity contribution in [3.8, 4) is 11.3 Å². The van der Waals surface area contributed by atoms with Crippen molar-refractivity contribution in [2.45, 2.75) is 6.92 Å². The van der Waals surface area contributed by atoms with Gasteiger partial charge in [-0.1, -0.05) is 29.8 Å². The van der Waals surface area contributed by atoms with Crippen LogP contribution in [0.15, 0.2) is 60.1 Å². The number of hydrogen-bond acceptors (Lipinski definition) is 5. The molecule has 162 valence electrons. The molecule has 8 heteroatoms. The Morgan fingerprint density at radius 1 is 1.03 bits per heavy atom. The Hall–Kier alpha value is -3.49. The molecule has 5 rings (SSSR count). The molecule has 1 aliphatic heterocycles. The third-order valence-corrected chi connectivity index (χ3v) is 6.32. The minimum atomic E-state index is -0.147. The first-order valence-corrected chi connectivity index (χ1v) is 11.3. The van der Waals surface area contributed by atoms with Crippen LogP contribution in [0.1, 0.15) is 26.4 Å². The number of fused-ring (bicyclic) bond motifs is 1. The fourth-order valence-electron chi connectivity index (χ4n) is 3.64. The van der Waals surface area contributed by atoms with Crippen molar-refractivity contribution in [1.82, 2.24) is 14.3 Å². The summed E-state index contributed by atoms with van der Waals surface area (Å²) in [6, 6.07) is 15.0. The lowest BCUT2D eigenvalue weighted by Crippen LogP contribution is -2.41. The summed E-state index contributed by atoms with van der Waals surface area (Å²) in [5, 5.41) is 4.77. The van der Waals surface area contributed by atoms with E-state index >= 15 is 0 Å². The number of hydrogen-bond donors (Lipinski definition) is 1. The van der Waals surface area contributed by atoms with Crippen LogP contribution in [-0.4, -0.2) is 52.4 Å². The second-order valence-electron chi connectivity index (χ2n) is 7.70. The number of benzene rings is 2. The molecule has 3 heterocycles. The Bertz CT molecular complexity index is 1270. The lowest BCUT2D eigenvalue weighted by Gasteiger charge is -2.26. The maximum atomic E-state index is 12.9. The summed E-state index contributed by atoms with van der Waals surface area (Å²) >= 11 is 1.45. The minimum absolute atomic E-state index is 0.00216. The molecule has 2 aromatic heterocycles. The van der Waals surface area contributed by atoms with E-state index in [-0.39, 0.29) is 11.8 Å². The van der Waals surface area contributed by atoms with Crippen LogP contribution in [0.4, 0.5) is 5.69 Å². The summed E-state index contributed by atoms with van der Waals surface area (Å²) in [6.07, 6.45) is 1.89. The molecule has 4 aromatic rings. The molecule has 1 fully saturated rings. The van der Waals surface area contributed by atoms with Gasteiger partial charge in [-0.2, -0.15) is 0 Å². The van der Waals surface area contributed by atoms with E-state index in [9.17, 15) is 9.59 Å². The van der Waals surface area contributed by atoms with Gasteiger partial charge in [0.25, 0.3) is 11.8 Å². The number of anilines is 1. The summed E-state index contributed by atoms with van der Waals surface area (Å²) in [6.45, 7) is 4.34. The largest absolute Gasteiger partial charge is 0.378 e. The van der Waals surface area contributed by atoms with Crippen molar-refractivity contribution < 1.29 is 14.3 Å². The third kappa shape index (κ3) is 4.02. The van der Waals surface area contributed by atoms with Crippen LogP contribution >= 0.6 is 11.3 Å². The average molecular weight is 447 g/mol. The number of nitrogens with one attached hydrogen (secondary N) is 1. The molecule has 2 aromatic carbocycles. The number of amides is 2. The molecule has 1 N–H and O–H groups in total. The number of aryl methyl sites for hydroxylation is 1. The molecule has 0 radical (unpaired) electrons. The van der Waals surface area contributed by atoms with Gasteiger partial charge in [0, 0.05) is 41.5 Å². The van der Waals surface area contributed by atoms with E-state index in [1.807, 2.05) is 76.3 Å². The normalized spacial score (nSPS) is 14.0. The molecule has 7 nitrogen and oxygen atoms in total. The van der Waals surface area contributed by atoms with E-state index in [1.165, 1.54) is 11.3 Å². The van der Waals surface area contributed by atoms with Crippen LogP contribution < -0.4 is 5.32 Å². The van der Waals surface area contributed by atoms with E-state index in [4.69, 9.17) is 4.74 Å². The van der Waals surface area contributed by atoms with Gasteiger partial charge in [0.1, 0.15) is 5.69 Å². The fourth-order valence-corrected chi connectivity index (χ4v) is 4.48. The standard InChI is InChI=1S/C24H22N4O3S/c1-16-2-4-18(5-3-16)22(29)25-19-8-6-17(7-9-19)20-14-28-21(15-32-24(28)26-20)23(30)27-10-12-31-13-11-27/h2-9,14-15H,10-13H2,1H3,(H,25,29). The zero-order chi connectivity index (χ0) is 22.1. The van der Waals surface area contributed by atoms with Crippen LogP contribution in [0.3, 0.4) is 0 Å². The molecular weight excluding hydrogens is 424 g/mol. The zero-order valence-corrected chi connectivity index (χ0v) is 18.4. The Morgan fingerprint density at radius 3 is 2.47 bits per heavy atom. The van der Waals surface area contributed by atoms with Crippen LogP contribution in [0.2, 0.25) is 0 Å². The molecule has 0 aliphatic carbocycles. The third-order valence-electron chi connectivity index (χ3n) is 5.48. The molecule has 0 saturated carbocycles. The molecular formula is C24H22N4O3S. The highest BCUT2D eigenvalue weighted by Crippen LogP contribution is 2.26. The van der Waals surface area contributed by atoms with E-state index in [2.05, 4.69) is 10.3 Å². The minimum Gasteiger partial charge on any atom is -0.378 e. The van der Waals surface area contributed by atoms with Gasteiger partial charge in [-0.05, 0) is 31.2 Å². The number of ether oxygens (including phenoxy) is 1. The van der Waals surface area contributed by atoms with Crippen molar-refractivity contribution in [2.24, 2.45) is 0 Å². The van der Waals surface area contributed by atoms with Crippen molar-refractivity contribution in [3.05, 3.63) is 76.9 Å². The predicted molar refractivity (Wildman–Crippen MR) is 124 cm³/mol. The number of thiazole rings is 1. The quantitative estimate of drug-likeness (QED) is 0.512. The fraction of sp³-hybridized carbons (Fsp3) is 0.208. The Labute approximate surface area is 189 Å². The number of aromatic nitrogens is 2. The molecule has 2 amide bonds. The number of morpholine rings is 1. The first-order valence-electron chi connectivity index (χ1n) is 10.4. The van der Waals surface area contributed by atoms with Gasteiger partial charge in [0.2, 0.25) is 0 Å². The van der Waals surface area contributed by atoms with Gasteiger partial charge in [0.05, 0.1) is 18.9 Å². The summed E-state index contributed by atoms with van der Waals surface area (Å²) in [5.74, 6) is -0.149. The predicted octanol–water partition coefficient (Wildman–Crippen LogP) is 4.10. The van der Waals surface area contributed by atoms with Gasteiger partial charge in [-0.25, -0.2) is 4.98 Å². The van der Waals surface area contributed by atoms with Gasteiger partial charge >= 0.3 is 0 Å². The first kappa shape index (κ1) is 20.4. The molecule has 1 saturated heterocycles. The smallest absolute Gasteiger partial charge is 0.271 e. The van der Waals surface area contributed by atoms with Crippen molar-refractivity contribution in [2.75, 3.05) is 31.6 Å². The van der Waals surface area contributed by atoms with E-state index in [1.54, 1.807) is 0 Å². The average Bonchev–Trinajstić information content (AvgIpc) is 3.41. The Kier molecular flexibility index (Phi) is 5.46. The van der Waals surface area contributed by atoms with E-state index < -0.39 is 0 Å². The highest BCUT2D eigenvalue weighted by Gasteiger charge is 2.22. The van der Waals surface area contributed by atoms with Crippen molar-refractivity contribution in [1.29, 1.82) is 0 Å². The lowest BCUT2D eigenvalue weighted by molar-refractivity contribution is 0.0298. The first-order chi connectivity index (χ1) is 15.6. The molecule has 1 aliphatic rings. The van der Waals surface area contributed by atoms with E-state index in [0.717, 1.165) is 21.8 Å². The lowest BCUT2D eigenvalue weighted by atomic mass is 10.1. The molecule has 0 bridgehead atoms. The highest BCUT2D eigenvalue weighted by molar-refractivity contribution is 7.15. The Morgan fingerprint density at radius 2 is 1.75 bits per heavy atom. The summed E-state index contributed by atoms with van der Waals surface area (Å²) in [4.78, 5) is 32.6. The monoisotopic (exact) mass is 446 g/mol. The SMILES string of the molecule is Cc1ccc(C(=O)Nc2ccc(-c3cn4c(C(=O)N5CCOCC5)csc4n3)cc2)cc1. The van der Waals surface area contributed by atoms with Crippen LogP contribution in [0, 0.1) is 6.92 Å². The molecule has 0 unspecified atom stereocenters. The number of rotatable bonds is 4. The number of imidazole rings is 1. The summed E-state index contributed by atoms with van der Waals surface area (Å²) < 4.78 is 7.20. The summed E-state index contributed by atoms with van der Waals surface area (Å²) in [5.41, 5.74) is 4.76. The van der Waals surface area contributed by atoms with Crippen LogP contribution in [-0.2, 0) is 4.74 Å². The van der Waals surface area contributed by atoms with Gasteiger partial charge in [0.15, 0.2) is 4.96 Å². The maximum absolute atomic E-state index is 12.9. The van der Waals surface area contributed by atoms with Gasteiger partial charge in [-0.15, -0.1) is 11.3 Å². The highest BCUT2D eigenvalue weighted by atomic mass is 32.1. The van der Waals surface area contributed by atoms with Gasteiger partial charge < -0.3 is 15.0 Å².